The standard InChI is InChI=1S/C15H28N4O3/c1-11(2)19-10-13(8-14(19)20)17-15(21)16-12(3)9-18-4-6-22-7-5-18/h11-13H,4-10H2,1-3H3,(H2,16,17,21)/t12-,13-/m0/s1. The third kappa shape index (κ3) is 4.84. The highest BCUT2D eigenvalue weighted by Gasteiger charge is 2.32. The molecule has 0 aliphatic carbocycles. The zero-order valence-corrected chi connectivity index (χ0v) is 13.8. The maximum absolute atomic E-state index is 12.0. The molecule has 0 aromatic rings. The van der Waals surface area contributed by atoms with Crippen molar-refractivity contribution in [3.63, 3.8) is 0 Å². The number of amides is 3. The van der Waals surface area contributed by atoms with Gasteiger partial charge in [-0.15, -0.1) is 0 Å². The molecule has 2 aliphatic rings. The topological polar surface area (TPSA) is 73.9 Å². The lowest BCUT2D eigenvalue weighted by Crippen LogP contribution is -2.50. The molecule has 2 saturated heterocycles. The Morgan fingerprint density at radius 3 is 2.59 bits per heavy atom. The van der Waals surface area contributed by atoms with E-state index in [0.29, 0.717) is 13.0 Å². The van der Waals surface area contributed by atoms with E-state index in [-0.39, 0.29) is 30.1 Å². The number of hydrogen-bond donors (Lipinski definition) is 2. The highest BCUT2D eigenvalue weighted by atomic mass is 16.5. The van der Waals surface area contributed by atoms with Crippen LogP contribution in [-0.2, 0) is 9.53 Å². The number of nitrogens with one attached hydrogen (secondary N) is 2. The van der Waals surface area contributed by atoms with Crippen molar-refractivity contribution in [2.75, 3.05) is 39.4 Å². The number of hydrogen-bond acceptors (Lipinski definition) is 4. The Balaban J connectivity index is 1.70. The minimum Gasteiger partial charge on any atom is -0.379 e. The molecule has 7 nitrogen and oxygen atoms in total. The molecule has 2 N–H and O–H groups in total. The Bertz CT molecular complexity index is 396. The van der Waals surface area contributed by atoms with Crippen LogP contribution >= 0.6 is 0 Å². The lowest BCUT2D eigenvalue weighted by Gasteiger charge is -2.29. The monoisotopic (exact) mass is 312 g/mol. The van der Waals surface area contributed by atoms with E-state index in [2.05, 4.69) is 15.5 Å². The summed E-state index contributed by atoms with van der Waals surface area (Å²) >= 11 is 0. The van der Waals surface area contributed by atoms with E-state index in [1.807, 2.05) is 25.7 Å². The van der Waals surface area contributed by atoms with Crippen molar-refractivity contribution < 1.29 is 14.3 Å². The van der Waals surface area contributed by atoms with Crippen LogP contribution in [0.25, 0.3) is 0 Å². The van der Waals surface area contributed by atoms with Crippen LogP contribution in [0.15, 0.2) is 0 Å². The van der Waals surface area contributed by atoms with Gasteiger partial charge in [-0.25, -0.2) is 4.79 Å². The van der Waals surface area contributed by atoms with Crippen LogP contribution in [0, 0.1) is 0 Å². The summed E-state index contributed by atoms with van der Waals surface area (Å²) in [5.74, 6) is 0.113. The largest absolute Gasteiger partial charge is 0.379 e. The van der Waals surface area contributed by atoms with Crippen LogP contribution in [-0.4, -0.2) is 79.3 Å². The van der Waals surface area contributed by atoms with Gasteiger partial charge in [-0.1, -0.05) is 0 Å². The second-order valence-electron chi connectivity index (χ2n) is 6.47. The number of rotatable bonds is 5. The van der Waals surface area contributed by atoms with Gasteiger partial charge in [-0.05, 0) is 20.8 Å². The minimum atomic E-state index is -0.191. The van der Waals surface area contributed by atoms with Gasteiger partial charge in [0.15, 0.2) is 0 Å². The molecule has 0 radical (unpaired) electrons. The third-order valence-corrected chi connectivity index (χ3v) is 4.13. The van der Waals surface area contributed by atoms with Crippen LogP contribution in [0.5, 0.6) is 0 Å². The van der Waals surface area contributed by atoms with Crippen LogP contribution in [0.1, 0.15) is 27.2 Å². The maximum Gasteiger partial charge on any atom is 0.315 e. The summed E-state index contributed by atoms with van der Waals surface area (Å²) < 4.78 is 5.31. The van der Waals surface area contributed by atoms with Gasteiger partial charge in [-0.2, -0.15) is 0 Å². The average molecular weight is 312 g/mol. The first-order valence-electron chi connectivity index (χ1n) is 8.12. The number of carbonyl (C=O) groups is 2. The van der Waals surface area contributed by atoms with Crippen LogP contribution < -0.4 is 10.6 Å². The van der Waals surface area contributed by atoms with Crippen molar-refractivity contribution in [3.8, 4) is 0 Å². The number of nitrogens with zero attached hydrogens (tertiary/aromatic N) is 2. The Morgan fingerprint density at radius 1 is 1.32 bits per heavy atom. The van der Waals surface area contributed by atoms with Crippen LogP contribution in [0.4, 0.5) is 4.79 Å². The van der Waals surface area contributed by atoms with E-state index in [1.54, 1.807) is 0 Å². The maximum atomic E-state index is 12.0. The normalized spacial score (nSPS) is 24.6. The van der Waals surface area contributed by atoms with Crippen molar-refractivity contribution >= 4 is 11.9 Å². The fourth-order valence-electron chi connectivity index (χ4n) is 2.99. The van der Waals surface area contributed by atoms with Crippen molar-refractivity contribution in [3.05, 3.63) is 0 Å². The second kappa shape index (κ2) is 7.78. The fraction of sp³-hybridized carbons (Fsp3) is 0.867. The predicted octanol–water partition coefficient (Wildman–Crippen LogP) is 0.0156. The smallest absolute Gasteiger partial charge is 0.315 e. The Kier molecular flexibility index (Phi) is 6.02. The molecule has 2 aliphatic heterocycles. The van der Waals surface area contributed by atoms with Gasteiger partial charge in [0.25, 0.3) is 0 Å². The van der Waals surface area contributed by atoms with Crippen molar-refractivity contribution in [1.29, 1.82) is 0 Å². The molecule has 0 bridgehead atoms. The summed E-state index contributed by atoms with van der Waals surface area (Å²) in [6.07, 6.45) is 0.392. The molecule has 0 aromatic carbocycles. The van der Waals surface area contributed by atoms with Gasteiger partial charge in [0.2, 0.25) is 5.91 Å². The molecule has 2 heterocycles. The van der Waals surface area contributed by atoms with E-state index < -0.39 is 0 Å². The zero-order valence-electron chi connectivity index (χ0n) is 13.8. The van der Waals surface area contributed by atoms with Gasteiger partial charge < -0.3 is 20.3 Å². The first kappa shape index (κ1) is 17.0. The van der Waals surface area contributed by atoms with E-state index >= 15 is 0 Å². The molecular formula is C15H28N4O3. The summed E-state index contributed by atoms with van der Waals surface area (Å²) in [5.41, 5.74) is 0. The molecule has 126 valence electrons. The van der Waals surface area contributed by atoms with E-state index in [9.17, 15) is 9.59 Å². The molecule has 2 atom stereocenters. The molecular weight excluding hydrogens is 284 g/mol. The van der Waals surface area contributed by atoms with Crippen molar-refractivity contribution in [2.45, 2.75) is 45.3 Å². The van der Waals surface area contributed by atoms with Gasteiger partial charge in [0, 0.05) is 44.7 Å². The van der Waals surface area contributed by atoms with Gasteiger partial charge in [-0.3, -0.25) is 9.69 Å². The number of ether oxygens (including phenoxy) is 1. The molecule has 22 heavy (non-hydrogen) atoms. The summed E-state index contributed by atoms with van der Waals surface area (Å²) in [7, 11) is 0. The minimum absolute atomic E-state index is 0.0661. The third-order valence-electron chi connectivity index (χ3n) is 4.13. The Hall–Kier alpha value is -1.34. The number of morpholine rings is 1. The summed E-state index contributed by atoms with van der Waals surface area (Å²) in [6.45, 7) is 10.7. The van der Waals surface area contributed by atoms with Crippen LogP contribution in [0.2, 0.25) is 0 Å². The highest BCUT2D eigenvalue weighted by molar-refractivity contribution is 5.81. The van der Waals surface area contributed by atoms with Crippen LogP contribution in [0.3, 0.4) is 0 Å². The summed E-state index contributed by atoms with van der Waals surface area (Å²) in [4.78, 5) is 28.0. The first-order chi connectivity index (χ1) is 10.5. The number of carbonyl (C=O) groups excluding carboxylic acids is 2. The van der Waals surface area contributed by atoms with E-state index in [1.165, 1.54) is 0 Å². The van der Waals surface area contributed by atoms with E-state index in [0.717, 1.165) is 32.8 Å². The molecule has 7 heteroatoms. The molecule has 2 fully saturated rings. The molecule has 0 aromatic heterocycles. The lowest BCUT2D eigenvalue weighted by molar-refractivity contribution is -0.129. The van der Waals surface area contributed by atoms with Crippen molar-refractivity contribution in [1.82, 2.24) is 20.4 Å². The first-order valence-corrected chi connectivity index (χ1v) is 8.12. The fourth-order valence-corrected chi connectivity index (χ4v) is 2.99. The predicted molar refractivity (Wildman–Crippen MR) is 83.6 cm³/mol. The lowest BCUT2D eigenvalue weighted by atomic mass is 10.2. The molecule has 0 unspecified atom stereocenters. The van der Waals surface area contributed by atoms with Crippen molar-refractivity contribution in [2.24, 2.45) is 0 Å². The zero-order chi connectivity index (χ0) is 16.1. The summed E-state index contributed by atoms with van der Waals surface area (Å²) in [5, 5.41) is 5.86. The quantitative estimate of drug-likeness (QED) is 0.750. The highest BCUT2D eigenvalue weighted by Crippen LogP contribution is 2.14. The molecule has 2 rings (SSSR count). The van der Waals surface area contributed by atoms with Gasteiger partial charge in [0.05, 0.1) is 19.3 Å². The van der Waals surface area contributed by atoms with Gasteiger partial charge in [0.1, 0.15) is 0 Å². The second-order valence-corrected chi connectivity index (χ2v) is 6.47. The Labute approximate surface area is 132 Å². The molecule has 3 amide bonds. The van der Waals surface area contributed by atoms with Gasteiger partial charge >= 0.3 is 6.03 Å². The average Bonchev–Trinajstić information content (AvgIpc) is 2.80. The molecule has 0 spiro atoms. The van der Waals surface area contributed by atoms with E-state index in [4.69, 9.17) is 4.74 Å². The summed E-state index contributed by atoms with van der Waals surface area (Å²) in [6, 6.07) is -0.0336. The number of likely N-dealkylation sites (tertiary alicyclic amines) is 1. The number of urea groups is 1. The molecule has 0 saturated carbocycles. The SMILES string of the molecule is CC(C)N1C[C@@H](NC(=O)N[C@@H](C)CN2CCOCC2)CC1=O. The Morgan fingerprint density at radius 2 is 2.00 bits per heavy atom.